The molecule has 2 aromatic heterocycles. The standard InChI is InChI=1S/C16H25N5/c1-11(2)21-15(7-16(19-21)13-5-6-13)9-17-8-14-10-20(4)18-12(14)3/h7,10-11,13,17H,5-6,8-9H2,1-4H3. The minimum atomic E-state index is 0.412. The second-order valence-corrected chi connectivity index (χ2v) is 6.39. The van der Waals surface area contributed by atoms with Crippen molar-refractivity contribution in [1.82, 2.24) is 24.9 Å². The van der Waals surface area contributed by atoms with Crippen LogP contribution in [-0.2, 0) is 20.1 Å². The summed E-state index contributed by atoms with van der Waals surface area (Å²) in [6.45, 7) is 8.14. The molecule has 1 aliphatic carbocycles. The Morgan fingerprint density at radius 2 is 2.05 bits per heavy atom. The number of aromatic nitrogens is 4. The Kier molecular flexibility index (Phi) is 3.85. The van der Waals surface area contributed by atoms with Crippen molar-refractivity contribution in [1.29, 1.82) is 0 Å². The third-order valence-corrected chi connectivity index (χ3v) is 4.05. The molecule has 0 spiro atoms. The molecule has 114 valence electrons. The van der Waals surface area contributed by atoms with Gasteiger partial charge < -0.3 is 5.32 Å². The highest BCUT2D eigenvalue weighted by atomic mass is 15.3. The third-order valence-electron chi connectivity index (χ3n) is 4.05. The Balaban J connectivity index is 1.65. The van der Waals surface area contributed by atoms with E-state index in [1.807, 2.05) is 11.7 Å². The van der Waals surface area contributed by atoms with E-state index in [2.05, 4.69) is 48.1 Å². The van der Waals surface area contributed by atoms with Gasteiger partial charge in [-0.2, -0.15) is 10.2 Å². The summed E-state index contributed by atoms with van der Waals surface area (Å²) in [6, 6.07) is 2.69. The SMILES string of the molecule is Cc1nn(C)cc1CNCc1cc(C2CC2)nn1C(C)C. The average molecular weight is 287 g/mol. The largest absolute Gasteiger partial charge is 0.307 e. The highest BCUT2D eigenvalue weighted by molar-refractivity contribution is 5.20. The van der Waals surface area contributed by atoms with Crippen LogP contribution in [0.5, 0.6) is 0 Å². The van der Waals surface area contributed by atoms with Crippen molar-refractivity contribution in [3.8, 4) is 0 Å². The normalized spacial score (nSPS) is 15.1. The van der Waals surface area contributed by atoms with Gasteiger partial charge in [0.15, 0.2) is 0 Å². The van der Waals surface area contributed by atoms with Gasteiger partial charge in [-0.25, -0.2) is 0 Å². The molecule has 0 atom stereocenters. The number of hydrogen-bond donors (Lipinski definition) is 1. The summed E-state index contributed by atoms with van der Waals surface area (Å²) in [5.74, 6) is 0.712. The first-order valence-electron chi connectivity index (χ1n) is 7.82. The van der Waals surface area contributed by atoms with Crippen LogP contribution in [0.4, 0.5) is 0 Å². The first-order valence-corrected chi connectivity index (χ1v) is 7.82. The van der Waals surface area contributed by atoms with Crippen LogP contribution in [0.3, 0.4) is 0 Å². The van der Waals surface area contributed by atoms with Crippen LogP contribution in [0.15, 0.2) is 12.3 Å². The predicted molar refractivity (Wildman–Crippen MR) is 83.1 cm³/mol. The summed E-state index contributed by atoms with van der Waals surface area (Å²) in [6.07, 6.45) is 4.69. The fourth-order valence-electron chi connectivity index (χ4n) is 2.76. The molecule has 0 aliphatic heterocycles. The van der Waals surface area contributed by atoms with Crippen LogP contribution in [-0.4, -0.2) is 19.6 Å². The van der Waals surface area contributed by atoms with Crippen molar-refractivity contribution in [3.63, 3.8) is 0 Å². The molecule has 0 radical (unpaired) electrons. The second kappa shape index (κ2) is 5.64. The van der Waals surface area contributed by atoms with Gasteiger partial charge in [-0.05, 0) is 39.7 Å². The Morgan fingerprint density at radius 3 is 2.62 bits per heavy atom. The van der Waals surface area contributed by atoms with Crippen LogP contribution >= 0.6 is 0 Å². The van der Waals surface area contributed by atoms with Crippen LogP contribution in [0.1, 0.15) is 61.3 Å². The van der Waals surface area contributed by atoms with Gasteiger partial charge >= 0.3 is 0 Å². The summed E-state index contributed by atoms with van der Waals surface area (Å²) < 4.78 is 4.03. The summed E-state index contributed by atoms with van der Waals surface area (Å²) >= 11 is 0. The van der Waals surface area contributed by atoms with E-state index >= 15 is 0 Å². The van der Waals surface area contributed by atoms with Crippen LogP contribution in [0.25, 0.3) is 0 Å². The Hall–Kier alpha value is -1.62. The van der Waals surface area contributed by atoms with Crippen molar-refractivity contribution < 1.29 is 0 Å². The molecule has 21 heavy (non-hydrogen) atoms. The Labute approximate surface area is 126 Å². The van der Waals surface area contributed by atoms with Crippen LogP contribution in [0, 0.1) is 6.92 Å². The van der Waals surface area contributed by atoms with E-state index in [9.17, 15) is 0 Å². The summed E-state index contributed by atoms with van der Waals surface area (Å²) in [4.78, 5) is 0. The van der Waals surface area contributed by atoms with Gasteiger partial charge in [-0.3, -0.25) is 9.36 Å². The zero-order chi connectivity index (χ0) is 15.0. The third kappa shape index (κ3) is 3.18. The molecule has 0 bridgehead atoms. The van der Waals surface area contributed by atoms with Gasteiger partial charge in [0.05, 0.1) is 17.1 Å². The molecule has 5 nitrogen and oxygen atoms in total. The number of nitrogens with zero attached hydrogens (tertiary/aromatic N) is 4. The van der Waals surface area contributed by atoms with E-state index in [1.54, 1.807) is 0 Å². The van der Waals surface area contributed by atoms with E-state index in [4.69, 9.17) is 5.10 Å². The summed E-state index contributed by atoms with van der Waals surface area (Å²) in [5, 5.41) is 12.7. The molecule has 5 heteroatoms. The van der Waals surface area contributed by atoms with Crippen molar-refractivity contribution in [2.75, 3.05) is 0 Å². The molecule has 0 saturated heterocycles. The molecule has 1 aliphatic rings. The van der Waals surface area contributed by atoms with E-state index in [0.29, 0.717) is 12.0 Å². The van der Waals surface area contributed by atoms with E-state index in [0.717, 1.165) is 18.8 Å². The Morgan fingerprint density at radius 1 is 1.29 bits per heavy atom. The van der Waals surface area contributed by atoms with E-state index in [-0.39, 0.29) is 0 Å². The zero-order valence-corrected chi connectivity index (χ0v) is 13.4. The average Bonchev–Trinajstić information content (AvgIpc) is 3.10. The lowest BCUT2D eigenvalue weighted by Crippen LogP contribution is -2.17. The number of aryl methyl sites for hydroxylation is 2. The van der Waals surface area contributed by atoms with Crippen molar-refractivity contribution in [2.24, 2.45) is 7.05 Å². The first-order chi connectivity index (χ1) is 10.0. The minimum absolute atomic E-state index is 0.412. The van der Waals surface area contributed by atoms with E-state index < -0.39 is 0 Å². The smallest absolute Gasteiger partial charge is 0.0659 e. The highest BCUT2D eigenvalue weighted by Crippen LogP contribution is 2.39. The maximum absolute atomic E-state index is 4.78. The molecule has 1 saturated carbocycles. The summed E-state index contributed by atoms with van der Waals surface area (Å²) in [5.41, 5.74) is 4.92. The van der Waals surface area contributed by atoms with Crippen LogP contribution in [0.2, 0.25) is 0 Å². The lowest BCUT2D eigenvalue weighted by atomic mass is 10.2. The fraction of sp³-hybridized carbons (Fsp3) is 0.625. The van der Waals surface area contributed by atoms with Gasteiger partial charge in [0.1, 0.15) is 0 Å². The number of nitrogens with one attached hydrogen (secondary N) is 1. The minimum Gasteiger partial charge on any atom is -0.307 e. The molecule has 0 aromatic carbocycles. The zero-order valence-electron chi connectivity index (χ0n) is 13.4. The molecule has 2 aromatic rings. The van der Waals surface area contributed by atoms with Gasteiger partial charge in [0, 0.05) is 43.9 Å². The maximum Gasteiger partial charge on any atom is 0.0659 e. The first kappa shape index (κ1) is 14.3. The van der Waals surface area contributed by atoms with Crippen LogP contribution < -0.4 is 5.32 Å². The quantitative estimate of drug-likeness (QED) is 0.888. The van der Waals surface area contributed by atoms with Gasteiger partial charge in [0.2, 0.25) is 0 Å². The number of rotatable bonds is 6. The Bertz CT molecular complexity index is 619. The topological polar surface area (TPSA) is 47.7 Å². The van der Waals surface area contributed by atoms with Gasteiger partial charge in [-0.1, -0.05) is 0 Å². The summed E-state index contributed by atoms with van der Waals surface area (Å²) in [7, 11) is 1.96. The molecule has 3 rings (SSSR count). The fourth-order valence-corrected chi connectivity index (χ4v) is 2.76. The van der Waals surface area contributed by atoms with Gasteiger partial charge in [-0.15, -0.1) is 0 Å². The molecule has 0 unspecified atom stereocenters. The molecule has 1 fully saturated rings. The lowest BCUT2D eigenvalue weighted by molar-refractivity contribution is 0.491. The van der Waals surface area contributed by atoms with E-state index in [1.165, 1.54) is 29.8 Å². The predicted octanol–water partition coefficient (Wildman–Crippen LogP) is 2.67. The van der Waals surface area contributed by atoms with Crippen molar-refractivity contribution >= 4 is 0 Å². The molecular weight excluding hydrogens is 262 g/mol. The molecule has 0 amide bonds. The van der Waals surface area contributed by atoms with Gasteiger partial charge in [0.25, 0.3) is 0 Å². The molecule has 1 N–H and O–H groups in total. The molecule has 2 heterocycles. The maximum atomic E-state index is 4.78. The highest BCUT2D eigenvalue weighted by Gasteiger charge is 2.27. The lowest BCUT2D eigenvalue weighted by Gasteiger charge is -2.11. The van der Waals surface area contributed by atoms with Crippen molar-refractivity contribution in [2.45, 2.75) is 58.7 Å². The number of hydrogen-bond acceptors (Lipinski definition) is 3. The molecular formula is C16H25N5. The monoisotopic (exact) mass is 287 g/mol. The van der Waals surface area contributed by atoms with Crippen molar-refractivity contribution in [3.05, 3.63) is 34.9 Å². The second-order valence-electron chi connectivity index (χ2n) is 6.39.